The number of amides is 4. The molecule has 3 aliphatic heterocycles. The molecule has 0 saturated heterocycles. The number of ketones is 1. The first-order valence-electron chi connectivity index (χ1n) is 26.3. The Bertz CT molecular complexity index is 4560. The monoisotopic (exact) mass is 1360 g/mol. The van der Waals surface area contributed by atoms with Gasteiger partial charge < -0.3 is 43.0 Å². The van der Waals surface area contributed by atoms with Gasteiger partial charge in [-0.25, -0.2) is 49.8 Å². The van der Waals surface area contributed by atoms with E-state index in [1.807, 2.05) is 10.8 Å². The standard InChI is InChI=1S/2C15H12N6O2S.C11H8ClN3O2S.C6H5ClN2O2.C5H5NOS.C4H5N3/c2*1-15(11-6-24-8-18-11)20-13(22)10-3-2-9(14(23)21(10)15)19-12-4-5-16-7-17-12;1-11(8-4-18-5-13-8)14-9(16)7-3-2-6(12)10(17)15(7)11;7-3-1-2-4(5(8)10)9-6(3)11;1-4(7)5-2-8-3-6-5;5-4-1-2-6-3-7-4/h2*2-8H,1H3,(H,20,22)(H,16,17,19);2-5H,1H3,(H,14,16);1-2H,(H2,8,10)(H,9,11);2-3H,1H3;1-3H,(H2,5,6,7). The van der Waals surface area contributed by atoms with Crippen molar-refractivity contribution in [2.24, 2.45) is 5.73 Å². The molecule has 14 heterocycles. The lowest BCUT2D eigenvalue weighted by molar-refractivity contribution is 0.0931. The van der Waals surface area contributed by atoms with Crippen molar-refractivity contribution < 1.29 is 24.0 Å². The summed E-state index contributed by atoms with van der Waals surface area (Å²) in [5.41, 5.74) is 16.1. The van der Waals surface area contributed by atoms with Gasteiger partial charge in [-0.3, -0.25) is 56.9 Å². The average molecular weight is 1360 g/mol. The second-order valence-electron chi connectivity index (χ2n) is 19.4. The Kier molecular flexibility index (Phi) is 20.1. The smallest absolute Gasteiger partial charge is 0.277 e. The molecule has 3 atom stereocenters. The number of fused-ring (bicyclic) bond motifs is 3. The van der Waals surface area contributed by atoms with Crippen molar-refractivity contribution in [1.82, 2.24) is 84.5 Å². The minimum Gasteiger partial charge on any atom is -0.384 e. The van der Waals surface area contributed by atoms with Gasteiger partial charge in [0.2, 0.25) is 0 Å². The number of hydrogen-bond donors (Lipinski definition) is 8. The Morgan fingerprint density at radius 3 is 1.23 bits per heavy atom. The fourth-order valence-corrected chi connectivity index (χ4v) is 11.7. The van der Waals surface area contributed by atoms with E-state index in [2.05, 4.69) is 81.4 Å². The Labute approximate surface area is 543 Å². The van der Waals surface area contributed by atoms with E-state index in [1.54, 1.807) is 115 Å². The molecule has 0 fully saturated rings. The third-order valence-corrected chi connectivity index (χ3v) is 16.2. The summed E-state index contributed by atoms with van der Waals surface area (Å²) in [6.45, 7) is 6.75. The summed E-state index contributed by atoms with van der Waals surface area (Å²) in [6, 6.07) is 17.0. The lowest BCUT2D eigenvalue weighted by Crippen LogP contribution is -2.46. The van der Waals surface area contributed by atoms with Gasteiger partial charge in [-0.15, -0.1) is 45.3 Å². The molecule has 0 bridgehead atoms. The van der Waals surface area contributed by atoms with Crippen LogP contribution in [0.3, 0.4) is 0 Å². The topological polar surface area (TPSA) is 425 Å². The Morgan fingerprint density at radius 1 is 0.500 bits per heavy atom. The van der Waals surface area contributed by atoms with Crippen LogP contribution in [-0.4, -0.2) is 97.9 Å². The largest absolute Gasteiger partial charge is 0.384 e. The zero-order chi connectivity index (χ0) is 65.9. The van der Waals surface area contributed by atoms with Crippen LogP contribution in [0.2, 0.25) is 10.0 Å². The van der Waals surface area contributed by atoms with Crippen LogP contribution in [0.15, 0.2) is 167 Å². The fourth-order valence-electron chi connectivity index (χ4n) is 8.85. The summed E-state index contributed by atoms with van der Waals surface area (Å²) in [5, 5.41) is 21.7. The number of nitrogens with zero attached hydrogens (tertiary/aromatic N) is 13. The third kappa shape index (κ3) is 14.2. The number of H-pyrrole nitrogens is 1. The van der Waals surface area contributed by atoms with Gasteiger partial charge in [0.25, 0.3) is 45.9 Å². The van der Waals surface area contributed by atoms with E-state index < -0.39 is 34.0 Å². The molecule has 0 aliphatic carbocycles. The molecular weight excluding hydrogens is 1310 g/mol. The first-order chi connectivity index (χ1) is 44.0. The highest BCUT2D eigenvalue weighted by Gasteiger charge is 2.45. The maximum Gasteiger partial charge on any atom is 0.277 e. The number of carbonyl (C=O) groups is 5. The van der Waals surface area contributed by atoms with Crippen LogP contribution in [0.1, 0.15) is 97.2 Å². The molecule has 3 aliphatic rings. The molecule has 0 radical (unpaired) electrons. The number of pyridine rings is 4. The van der Waals surface area contributed by atoms with Gasteiger partial charge in [-0.05, 0) is 87.5 Å². The molecule has 14 rings (SSSR count). The summed E-state index contributed by atoms with van der Waals surface area (Å²) in [4.78, 5) is 148. The number of primary amides is 1. The molecule has 92 heavy (non-hydrogen) atoms. The number of anilines is 5. The minimum atomic E-state index is -1.02. The number of carbonyl (C=O) groups excluding carboxylic acids is 5. The van der Waals surface area contributed by atoms with Gasteiger partial charge in [-0.1, -0.05) is 23.2 Å². The van der Waals surface area contributed by atoms with E-state index in [0.717, 1.165) is 0 Å². The second kappa shape index (κ2) is 28.3. The van der Waals surface area contributed by atoms with Crippen molar-refractivity contribution in [2.45, 2.75) is 44.7 Å². The molecule has 30 nitrogen and oxygen atoms in total. The maximum atomic E-state index is 13.0. The number of nitrogens with two attached hydrogens (primary N) is 2. The lowest BCUT2D eigenvalue weighted by Gasteiger charge is -2.25. The molecule has 0 spiro atoms. The molecule has 468 valence electrons. The number of Topliss-reactive ketones (excluding diaryl/α,β-unsaturated/α-hetero) is 1. The predicted molar refractivity (Wildman–Crippen MR) is 344 cm³/mol. The van der Waals surface area contributed by atoms with Crippen LogP contribution in [0, 0.1) is 0 Å². The van der Waals surface area contributed by atoms with Crippen LogP contribution in [0.5, 0.6) is 0 Å². The van der Waals surface area contributed by atoms with Gasteiger partial charge in [0, 0.05) is 47.0 Å². The van der Waals surface area contributed by atoms with Gasteiger partial charge in [0.15, 0.2) is 22.8 Å². The summed E-state index contributed by atoms with van der Waals surface area (Å²) < 4.78 is 4.20. The highest BCUT2D eigenvalue weighted by Crippen LogP contribution is 2.32. The van der Waals surface area contributed by atoms with Crippen molar-refractivity contribution in [3.8, 4) is 0 Å². The fraction of sp³-hybridized carbons (Fsp3) is 0.125. The first kappa shape index (κ1) is 65.5. The van der Waals surface area contributed by atoms with E-state index in [0.29, 0.717) is 68.7 Å². The van der Waals surface area contributed by atoms with E-state index in [4.69, 9.17) is 34.7 Å². The van der Waals surface area contributed by atoms with Crippen molar-refractivity contribution in [1.29, 1.82) is 0 Å². The molecule has 3 unspecified atom stereocenters. The quantitative estimate of drug-likeness (QED) is 0.0820. The molecule has 0 aromatic carbocycles. The number of thiazole rings is 4. The normalized spacial score (nSPS) is 16.7. The van der Waals surface area contributed by atoms with Crippen molar-refractivity contribution in [3.63, 3.8) is 0 Å². The first-order valence-corrected chi connectivity index (χ1v) is 30.8. The minimum absolute atomic E-state index is 0.0336. The second-order valence-corrected chi connectivity index (χ2v) is 23.1. The number of aromatic nitrogens is 14. The molecule has 11 aromatic heterocycles. The highest BCUT2D eigenvalue weighted by molar-refractivity contribution is 7.08. The van der Waals surface area contributed by atoms with Crippen LogP contribution in [-0.2, 0) is 17.0 Å². The van der Waals surface area contributed by atoms with Crippen LogP contribution >= 0.6 is 68.5 Å². The Balaban J connectivity index is 0.000000138. The van der Waals surface area contributed by atoms with E-state index in [-0.39, 0.29) is 50.4 Å². The van der Waals surface area contributed by atoms with Crippen LogP contribution in [0.25, 0.3) is 0 Å². The Hall–Kier alpha value is -10.9. The van der Waals surface area contributed by atoms with Gasteiger partial charge in [0.05, 0.1) is 39.1 Å². The summed E-state index contributed by atoms with van der Waals surface area (Å²) in [6.07, 6.45) is 8.93. The molecule has 11 aromatic rings. The molecule has 36 heteroatoms. The summed E-state index contributed by atoms with van der Waals surface area (Å²) in [5.74, 6) is -0.0720. The molecule has 4 amide bonds. The molecular formula is C56H47Cl2N21O9S4. The number of rotatable bonds is 9. The number of nitrogen functional groups attached to an aromatic ring is 1. The number of hydrogen-bond acceptors (Lipinski definition) is 26. The number of halogens is 2. The van der Waals surface area contributed by atoms with Gasteiger partial charge in [-0.2, -0.15) is 0 Å². The number of nitrogens with one attached hydrogen (secondary N) is 6. The van der Waals surface area contributed by atoms with E-state index in [9.17, 15) is 43.2 Å². The zero-order valence-electron chi connectivity index (χ0n) is 48.0. The van der Waals surface area contributed by atoms with Crippen molar-refractivity contribution in [2.75, 3.05) is 16.4 Å². The number of aromatic amines is 1. The van der Waals surface area contributed by atoms with Gasteiger partial charge in [0.1, 0.15) is 86.3 Å². The van der Waals surface area contributed by atoms with E-state index >= 15 is 0 Å². The Morgan fingerprint density at radius 2 is 0.902 bits per heavy atom. The summed E-state index contributed by atoms with van der Waals surface area (Å²) in [7, 11) is 0. The lowest BCUT2D eigenvalue weighted by atomic mass is 10.1. The maximum absolute atomic E-state index is 13.0. The summed E-state index contributed by atoms with van der Waals surface area (Å²) >= 11 is 16.9. The predicted octanol–water partition coefficient (Wildman–Crippen LogP) is 5.56. The SMILES string of the molecule is CC(=O)c1cscn1.CC1(c2cscn2)NC(=O)c2ccc(Cl)c(=O)n21.CC1(c2cscn2)NC(=O)c2ccc(Nc3ccncn3)c(=O)n21.CC1(c2cscn2)NC(=O)c2ccc(Nc3ccncn3)c(=O)n21.NC(=O)c1ccc(Cl)c(=O)[nH]1.Nc1ccncn1. The highest BCUT2D eigenvalue weighted by atomic mass is 35.5. The van der Waals surface area contributed by atoms with Crippen molar-refractivity contribution in [3.05, 3.63) is 245 Å². The molecule has 0 saturated carbocycles. The third-order valence-electron chi connectivity index (χ3n) is 13.3. The van der Waals surface area contributed by atoms with Crippen molar-refractivity contribution >= 4 is 127 Å². The van der Waals surface area contributed by atoms with Gasteiger partial charge >= 0.3 is 0 Å². The van der Waals surface area contributed by atoms with Crippen LogP contribution in [0.4, 0.5) is 28.8 Å². The van der Waals surface area contributed by atoms with Crippen LogP contribution < -0.4 is 60.3 Å². The van der Waals surface area contributed by atoms with E-state index in [1.165, 1.54) is 109 Å². The average Bonchev–Trinajstić information content (AvgIpc) is 1.60. The zero-order valence-corrected chi connectivity index (χ0v) is 52.7. The molecule has 10 N–H and O–H groups in total.